The number of nitrogens with one attached hydrogen (secondary N) is 1. The first-order valence-corrected chi connectivity index (χ1v) is 8.52. The van der Waals surface area contributed by atoms with Crippen molar-refractivity contribution in [2.24, 2.45) is 0 Å². The number of ether oxygens (including phenoxy) is 1. The summed E-state index contributed by atoms with van der Waals surface area (Å²) in [6.07, 6.45) is 1.92. The molecule has 0 aromatic carbocycles. The molecule has 1 amide bonds. The zero-order chi connectivity index (χ0) is 15.4. The average Bonchev–Trinajstić information content (AvgIpc) is 3.24. The van der Waals surface area contributed by atoms with Crippen LogP contribution in [0.1, 0.15) is 36.7 Å². The van der Waals surface area contributed by atoms with Crippen LogP contribution in [-0.2, 0) is 22.4 Å². The summed E-state index contributed by atoms with van der Waals surface area (Å²) in [7, 11) is 0. The maximum absolute atomic E-state index is 12.4. The SMILES string of the molecule is CCc1nc([C@H]2CN(C(=O)CCc3ccsc3)CCO2)n[nH]1. The van der Waals surface area contributed by atoms with Crippen LogP contribution in [0.3, 0.4) is 0 Å². The van der Waals surface area contributed by atoms with Crippen molar-refractivity contribution in [3.63, 3.8) is 0 Å². The number of nitrogens with zero attached hydrogens (tertiary/aromatic N) is 3. The highest BCUT2D eigenvalue weighted by atomic mass is 32.1. The third-order valence-electron chi connectivity index (χ3n) is 3.80. The Labute approximate surface area is 133 Å². The zero-order valence-electron chi connectivity index (χ0n) is 12.6. The van der Waals surface area contributed by atoms with Gasteiger partial charge in [0.15, 0.2) is 5.82 Å². The number of aryl methyl sites for hydroxylation is 2. The molecule has 7 heteroatoms. The summed E-state index contributed by atoms with van der Waals surface area (Å²) in [4.78, 5) is 18.6. The Bertz CT molecular complexity index is 611. The Hall–Kier alpha value is -1.73. The second-order valence-electron chi connectivity index (χ2n) is 5.32. The molecule has 1 saturated heterocycles. The van der Waals surface area contributed by atoms with Gasteiger partial charge in [-0.1, -0.05) is 6.92 Å². The molecule has 1 aliphatic heterocycles. The number of morpholine rings is 1. The second-order valence-corrected chi connectivity index (χ2v) is 6.10. The van der Waals surface area contributed by atoms with Crippen molar-refractivity contribution in [2.75, 3.05) is 19.7 Å². The highest BCUT2D eigenvalue weighted by Gasteiger charge is 2.27. The molecule has 118 valence electrons. The number of hydrogen-bond acceptors (Lipinski definition) is 5. The molecule has 0 unspecified atom stereocenters. The summed E-state index contributed by atoms with van der Waals surface area (Å²) in [5.74, 6) is 1.66. The van der Waals surface area contributed by atoms with E-state index < -0.39 is 0 Å². The second kappa shape index (κ2) is 7.02. The third-order valence-corrected chi connectivity index (χ3v) is 4.53. The van der Waals surface area contributed by atoms with Gasteiger partial charge >= 0.3 is 0 Å². The molecule has 1 atom stereocenters. The molecular weight excluding hydrogens is 300 g/mol. The van der Waals surface area contributed by atoms with Crippen LogP contribution in [0.5, 0.6) is 0 Å². The average molecular weight is 320 g/mol. The van der Waals surface area contributed by atoms with Crippen LogP contribution in [0, 0.1) is 0 Å². The molecule has 2 aromatic heterocycles. The van der Waals surface area contributed by atoms with Gasteiger partial charge in [-0.15, -0.1) is 0 Å². The first-order chi connectivity index (χ1) is 10.8. The van der Waals surface area contributed by atoms with Crippen molar-refractivity contribution in [2.45, 2.75) is 32.3 Å². The summed E-state index contributed by atoms with van der Waals surface area (Å²) in [5, 5.41) is 11.2. The lowest BCUT2D eigenvalue weighted by Crippen LogP contribution is -2.42. The first-order valence-electron chi connectivity index (χ1n) is 7.58. The van der Waals surface area contributed by atoms with Crippen LogP contribution in [0.2, 0.25) is 0 Å². The minimum Gasteiger partial charge on any atom is -0.366 e. The van der Waals surface area contributed by atoms with Crippen molar-refractivity contribution in [3.8, 4) is 0 Å². The fraction of sp³-hybridized carbons (Fsp3) is 0.533. The maximum atomic E-state index is 12.4. The highest BCUT2D eigenvalue weighted by Crippen LogP contribution is 2.20. The number of aromatic nitrogens is 3. The van der Waals surface area contributed by atoms with E-state index >= 15 is 0 Å². The first kappa shape index (κ1) is 15.2. The molecule has 0 saturated carbocycles. The van der Waals surface area contributed by atoms with Gasteiger partial charge in [0.25, 0.3) is 0 Å². The predicted octanol–water partition coefficient (Wildman–Crippen LogP) is 1.96. The van der Waals surface area contributed by atoms with Crippen LogP contribution >= 0.6 is 11.3 Å². The molecule has 3 rings (SSSR count). The van der Waals surface area contributed by atoms with Crippen molar-refractivity contribution in [1.29, 1.82) is 0 Å². The molecule has 0 radical (unpaired) electrons. The van der Waals surface area contributed by atoms with E-state index in [0.717, 1.165) is 18.7 Å². The van der Waals surface area contributed by atoms with Gasteiger partial charge in [0, 0.05) is 19.4 Å². The number of rotatable bonds is 5. The van der Waals surface area contributed by atoms with Crippen LogP contribution in [0.25, 0.3) is 0 Å². The largest absolute Gasteiger partial charge is 0.366 e. The van der Waals surface area contributed by atoms with Gasteiger partial charge in [-0.3, -0.25) is 9.89 Å². The Morgan fingerprint density at radius 3 is 3.23 bits per heavy atom. The van der Waals surface area contributed by atoms with Gasteiger partial charge in [0.05, 0.1) is 13.2 Å². The number of carbonyl (C=O) groups excluding carboxylic acids is 1. The molecule has 1 N–H and O–H groups in total. The highest BCUT2D eigenvalue weighted by molar-refractivity contribution is 7.07. The van der Waals surface area contributed by atoms with E-state index in [0.29, 0.717) is 31.9 Å². The van der Waals surface area contributed by atoms with Gasteiger partial charge in [-0.2, -0.15) is 16.4 Å². The number of thiophene rings is 1. The number of H-pyrrole nitrogens is 1. The van der Waals surface area contributed by atoms with Gasteiger partial charge in [0.2, 0.25) is 5.91 Å². The van der Waals surface area contributed by atoms with E-state index in [1.165, 1.54) is 5.56 Å². The lowest BCUT2D eigenvalue weighted by molar-refractivity contribution is -0.139. The van der Waals surface area contributed by atoms with E-state index in [1.807, 2.05) is 17.2 Å². The molecule has 0 bridgehead atoms. The standard InChI is InChI=1S/C15H20N4O2S/c1-2-13-16-15(18-17-13)12-9-19(6-7-21-12)14(20)4-3-11-5-8-22-10-11/h5,8,10,12H,2-4,6-7,9H2,1H3,(H,16,17,18)/t12-/m1/s1. The minimum absolute atomic E-state index is 0.172. The molecule has 0 spiro atoms. The molecule has 1 aliphatic rings. The molecule has 3 heterocycles. The third kappa shape index (κ3) is 3.53. The van der Waals surface area contributed by atoms with Crippen molar-refractivity contribution >= 4 is 17.2 Å². The Balaban J connectivity index is 1.56. The van der Waals surface area contributed by atoms with Crippen LogP contribution in [0.15, 0.2) is 16.8 Å². The smallest absolute Gasteiger partial charge is 0.223 e. The Morgan fingerprint density at radius 1 is 1.59 bits per heavy atom. The van der Waals surface area contributed by atoms with Crippen LogP contribution in [-0.4, -0.2) is 45.7 Å². The molecule has 0 aliphatic carbocycles. The number of amides is 1. The lowest BCUT2D eigenvalue weighted by Gasteiger charge is -2.31. The van der Waals surface area contributed by atoms with Crippen LogP contribution < -0.4 is 0 Å². The lowest BCUT2D eigenvalue weighted by atomic mass is 10.1. The van der Waals surface area contributed by atoms with Crippen molar-refractivity contribution in [3.05, 3.63) is 34.0 Å². The normalized spacial score (nSPS) is 18.6. The number of carbonyl (C=O) groups is 1. The molecule has 2 aromatic rings. The summed E-state index contributed by atoms with van der Waals surface area (Å²) in [6.45, 7) is 3.73. The van der Waals surface area contributed by atoms with E-state index in [9.17, 15) is 4.79 Å². The summed E-state index contributed by atoms with van der Waals surface area (Å²) >= 11 is 1.66. The van der Waals surface area contributed by atoms with Crippen molar-refractivity contribution < 1.29 is 9.53 Å². The Kier molecular flexibility index (Phi) is 4.84. The summed E-state index contributed by atoms with van der Waals surface area (Å²) < 4.78 is 5.72. The Morgan fingerprint density at radius 2 is 2.50 bits per heavy atom. The molecule has 22 heavy (non-hydrogen) atoms. The van der Waals surface area contributed by atoms with Gasteiger partial charge in [-0.05, 0) is 28.8 Å². The quantitative estimate of drug-likeness (QED) is 0.914. The van der Waals surface area contributed by atoms with E-state index in [2.05, 4.69) is 26.6 Å². The topological polar surface area (TPSA) is 71.1 Å². The zero-order valence-corrected chi connectivity index (χ0v) is 13.4. The molecule has 6 nitrogen and oxygen atoms in total. The van der Waals surface area contributed by atoms with E-state index in [-0.39, 0.29) is 12.0 Å². The van der Waals surface area contributed by atoms with Gasteiger partial charge < -0.3 is 9.64 Å². The van der Waals surface area contributed by atoms with Crippen molar-refractivity contribution in [1.82, 2.24) is 20.1 Å². The fourth-order valence-corrected chi connectivity index (χ4v) is 3.19. The fourth-order valence-electron chi connectivity index (χ4n) is 2.49. The monoisotopic (exact) mass is 320 g/mol. The van der Waals surface area contributed by atoms with E-state index in [1.54, 1.807) is 11.3 Å². The number of aromatic amines is 1. The number of hydrogen-bond donors (Lipinski definition) is 1. The maximum Gasteiger partial charge on any atom is 0.223 e. The van der Waals surface area contributed by atoms with Gasteiger partial charge in [0.1, 0.15) is 11.9 Å². The predicted molar refractivity (Wildman–Crippen MR) is 83.7 cm³/mol. The van der Waals surface area contributed by atoms with Crippen LogP contribution in [0.4, 0.5) is 0 Å². The summed E-state index contributed by atoms with van der Waals surface area (Å²) in [6, 6.07) is 2.07. The molecular formula is C15H20N4O2S. The molecule has 1 fully saturated rings. The van der Waals surface area contributed by atoms with Gasteiger partial charge in [-0.25, -0.2) is 4.98 Å². The summed E-state index contributed by atoms with van der Waals surface area (Å²) in [5.41, 5.74) is 1.23. The minimum atomic E-state index is -0.226. The van der Waals surface area contributed by atoms with E-state index in [4.69, 9.17) is 4.74 Å².